The van der Waals surface area contributed by atoms with E-state index >= 15 is 24.0 Å². The Labute approximate surface area is 604 Å². The Morgan fingerprint density at radius 1 is 0.608 bits per heavy atom. The molecule has 0 unspecified atom stereocenters. The third kappa shape index (κ3) is 25.0. The van der Waals surface area contributed by atoms with Crippen LogP contribution >= 0.6 is 0 Å². The van der Waals surface area contributed by atoms with Gasteiger partial charge in [-0.05, 0) is 114 Å². The zero-order valence-electron chi connectivity index (χ0n) is 64.7. The average molecular weight is 1430 g/mol. The number of unbranched alkanes of at least 4 members (excludes halogenated alkanes) is 1. The van der Waals surface area contributed by atoms with Gasteiger partial charge in [-0.15, -0.1) is 0 Å². The number of ether oxygens (including phenoxy) is 1. The highest BCUT2D eigenvalue weighted by atomic mass is 16.6. The predicted octanol–water partition coefficient (Wildman–Crippen LogP) is 4.66. The molecule has 0 aliphatic carbocycles. The molecule has 1 aliphatic rings. The minimum Gasteiger partial charge on any atom is -0.391 e. The smallest absolute Gasteiger partial charge is 0.246 e. The number of nitrogens with zero attached hydrogens (tertiary/aromatic N) is 10. The third-order valence-corrected chi connectivity index (χ3v) is 18.5. The maximum atomic E-state index is 15.3. The fraction of sp³-hybridized carbons (Fsp3) is 0.699. The van der Waals surface area contributed by atoms with Crippen LogP contribution in [-0.4, -0.2) is 256 Å². The quantitative estimate of drug-likeness (QED) is 0.0437. The van der Waals surface area contributed by atoms with Crippen molar-refractivity contribution in [1.82, 2.24) is 65.7 Å². The first-order chi connectivity index (χ1) is 47.7. The molecule has 1 fully saturated rings. The van der Waals surface area contributed by atoms with E-state index in [1.165, 1.54) is 89.0 Å². The molecule has 13 atom stereocenters. The van der Waals surface area contributed by atoms with Crippen molar-refractivity contribution in [1.29, 1.82) is 0 Å². The number of allylic oxidation sites excluding steroid dienone is 2. The molecule has 0 saturated carbocycles. The van der Waals surface area contributed by atoms with E-state index in [1.54, 1.807) is 92.1 Å². The van der Waals surface area contributed by atoms with Gasteiger partial charge in [-0.1, -0.05) is 112 Å². The zero-order chi connectivity index (χ0) is 77.3. The average Bonchev–Trinajstić information content (AvgIpc) is 0.809. The summed E-state index contributed by atoms with van der Waals surface area (Å²) >= 11 is 0. The molecular formula is C73H120N14O15. The number of aromatic nitrogens is 2. The number of hydrogen-bond acceptors (Lipinski definition) is 18. The summed E-state index contributed by atoms with van der Waals surface area (Å²) in [4.78, 5) is 181. The number of amides is 11. The number of aliphatic hydroxyl groups excluding tert-OH is 1. The lowest BCUT2D eigenvalue weighted by atomic mass is 9.91. The van der Waals surface area contributed by atoms with Gasteiger partial charge in [-0.25, -0.2) is 0 Å². The first-order valence-corrected chi connectivity index (χ1v) is 35.7. The standard InChI is InChI=1S/C73H120N14O15/c1-24-26-29-47(13)63(89)62-67(93)79-52(25-2)69(95)81(17)40-58(88)85(21)61(50(16)100-35-28-27-33-75-101-41-51-30-31-53(74-39-51)57-32-34-76-102-57)66(92)80-59(45(9)10)72(98)82(18)54(36-42(3)4)65(91)77-48(14)64(90)78-49(15)68(94)83(19)55(37-43(5)6)70(96)84(20)56(38-44(7)8)71(97)86(22)60(46(11)12)73(99)87(62)23/h24,26,30-34,39,42-50,52,54-56,59-63,89H,25,27-29,35-38,40-41H2,1-23H3,(H,77,91)(H,78,90)(H,79,93)(H,80,92)/b26-24+,75-33+/t47-,48+,49-,50-,52+,54+,55+,56+,59+,60+,61+,62+,63-/m1/s1. The summed E-state index contributed by atoms with van der Waals surface area (Å²) in [5.41, 5.74) is 1.36. The maximum Gasteiger partial charge on any atom is 0.246 e. The first kappa shape index (κ1) is 87.9. The van der Waals surface area contributed by atoms with Gasteiger partial charge in [0.25, 0.3) is 0 Å². The van der Waals surface area contributed by atoms with Crippen molar-refractivity contribution in [3.63, 3.8) is 0 Å². The van der Waals surface area contributed by atoms with Crippen LogP contribution in [0.3, 0.4) is 0 Å². The van der Waals surface area contributed by atoms with Gasteiger partial charge >= 0.3 is 0 Å². The van der Waals surface area contributed by atoms with E-state index in [-0.39, 0.29) is 63.1 Å². The van der Waals surface area contributed by atoms with Gasteiger partial charge in [0.2, 0.25) is 65.0 Å². The van der Waals surface area contributed by atoms with Crippen LogP contribution in [0.1, 0.15) is 161 Å². The van der Waals surface area contributed by atoms with Crippen molar-refractivity contribution in [2.75, 3.05) is 62.5 Å². The number of aliphatic hydroxyl groups is 1. The molecule has 0 radical (unpaired) electrons. The van der Waals surface area contributed by atoms with Crippen LogP contribution in [0, 0.1) is 35.5 Å². The monoisotopic (exact) mass is 1430 g/mol. The van der Waals surface area contributed by atoms with Gasteiger partial charge in [0.15, 0.2) is 5.76 Å². The summed E-state index contributed by atoms with van der Waals surface area (Å²) in [7, 11) is 9.75. The summed E-state index contributed by atoms with van der Waals surface area (Å²) in [6, 6.07) is -7.85. The van der Waals surface area contributed by atoms with Crippen molar-refractivity contribution >= 4 is 71.2 Å². The highest BCUT2D eigenvalue weighted by molar-refractivity contribution is 5.99. The largest absolute Gasteiger partial charge is 0.391 e. The van der Waals surface area contributed by atoms with Crippen molar-refractivity contribution < 1.29 is 71.9 Å². The fourth-order valence-corrected chi connectivity index (χ4v) is 12.2. The Kier molecular flexibility index (Phi) is 35.9. The molecule has 11 amide bonds. The SMILES string of the molecule is C/C=C/C[C@@H](C)[C@@H](O)[C@H]1C(=O)N[C@@H](CC)C(=O)N(C)CC(=O)N(C)[C@@H]([C@@H](C)OCCC/C=N/OCc2ccc(-c3ccno3)nc2)C(=O)N[C@@H](C(C)C)C(=O)N(C)[C@@H](CC(C)C)C(=O)N[C@@H](C)C(=O)N[C@H](C)C(=O)N(C)[C@@H](CC(C)C)C(=O)N(C)[C@@H](CC(C)C)C(=O)N(C)[C@@H](C(C)C)C(=O)N1C. The summed E-state index contributed by atoms with van der Waals surface area (Å²) in [5.74, 6) is -9.90. The van der Waals surface area contributed by atoms with E-state index in [2.05, 4.69) is 36.6 Å². The molecule has 29 nitrogen and oxygen atoms in total. The second-order valence-corrected chi connectivity index (χ2v) is 29.1. The number of rotatable bonds is 23. The number of oxime groups is 1. The highest BCUT2D eigenvalue weighted by Crippen LogP contribution is 2.26. The van der Waals surface area contributed by atoms with Crippen LogP contribution in [0.25, 0.3) is 11.5 Å². The molecule has 3 rings (SSSR count). The van der Waals surface area contributed by atoms with E-state index in [0.29, 0.717) is 24.3 Å². The molecule has 0 spiro atoms. The lowest BCUT2D eigenvalue weighted by molar-refractivity contribution is -0.157. The number of carbonyl (C=O) groups excluding carboxylic acids is 11. The Morgan fingerprint density at radius 3 is 1.69 bits per heavy atom. The molecule has 1 aliphatic heterocycles. The van der Waals surface area contributed by atoms with Crippen molar-refractivity contribution in [3.8, 4) is 11.5 Å². The van der Waals surface area contributed by atoms with E-state index < -0.39 is 162 Å². The molecule has 0 bridgehead atoms. The van der Waals surface area contributed by atoms with Crippen molar-refractivity contribution in [3.05, 3.63) is 48.3 Å². The Bertz CT molecular complexity index is 3140. The molecule has 1 saturated heterocycles. The molecule has 5 N–H and O–H groups in total. The molecule has 0 aromatic carbocycles. The Morgan fingerprint density at radius 2 is 1.16 bits per heavy atom. The summed E-state index contributed by atoms with van der Waals surface area (Å²) in [6.45, 7) is 27.1. The second kappa shape index (κ2) is 41.7. The van der Waals surface area contributed by atoms with Crippen LogP contribution in [0.15, 0.2) is 52.4 Å². The minimum atomic E-state index is -1.66. The molecule has 2 aromatic rings. The van der Waals surface area contributed by atoms with Gasteiger partial charge in [0, 0.05) is 80.0 Å². The zero-order valence-corrected chi connectivity index (χ0v) is 64.7. The van der Waals surface area contributed by atoms with Gasteiger partial charge < -0.3 is 74.8 Å². The predicted molar refractivity (Wildman–Crippen MR) is 387 cm³/mol. The van der Waals surface area contributed by atoms with Crippen LogP contribution in [0.4, 0.5) is 0 Å². The van der Waals surface area contributed by atoms with Crippen LogP contribution in [-0.2, 0) is 68.9 Å². The van der Waals surface area contributed by atoms with E-state index in [9.17, 15) is 33.9 Å². The van der Waals surface area contributed by atoms with E-state index in [4.69, 9.17) is 14.1 Å². The minimum absolute atomic E-state index is 0.0277. The molecule has 29 heteroatoms. The van der Waals surface area contributed by atoms with Gasteiger partial charge in [0.1, 0.15) is 72.7 Å². The summed E-state index contributed by atoms with van der Waals surface area (Å²) in [6.07, 6.45) is 7.05. The van der Waals surface area contributed by atoms with Crippen LogP contribution in [0.2, 0.25) is 0 Å². The number of pyridine rings is 1. The normalized spacial score (nSPS) is 24.7. The van der Waals surface area contributed by atoms with Gasteiger partial charge in [-0.3, -0.25) is 57.7 Å². The van der Waals surface area contributed by atoms with E-state index in [1.807, 2.05) is 47.6 Å². The molecule has 572 valence electrons. The van der Waals surface area contributed by atoms with Gasteiger partial charge in [0.05, 0.1) is 24.9 Å². The third-order valence-electron chi connectivity index (χ3n) is 18.5. The molecule has 102 heavy (non-hydrogen) atoms. The van der Waals surface area contributed by atoms with Crippen LogP contribution < -0.4 is 21.3 Å². The van der Waals surface area contributed by atoms with Crippen molar-refractivity contribution in [2.45, 2.75) is 235 Å². The molecular weight excluding hydrogens is 1310 g/mol. The number of hydrogen-bond donors (Lipinski definition) is 5. The van der Waals surface area contributed by atoms with Gasteiger partial charge in [-0.2, -0.15) is 0 Å². The van der Waals surface area contributed by atoms with Crippen molar-refractivity contribution in [2.24, 2.45) is 40.7 Å². The number of likely N-dealkylation sites (N-methyl/N-ethyl adjacent to an activating group) is 7. The van der Waals surface area contributed by atoms with Crippen LogP contribution in [0.5, 0.6) is 0 Å². The molecule has 2 aromatic heterocycles. The Hall–Kier alpha value is -8.34. The maximum absolute atomic E-state index is 15.3. The Balaban J connectivity index is 2.22. The highest BCUT2D eigenvalue weighted by Gasteiger charge is 2.46. The summed E-state index contributed by atoms with van der Waals surface area (Å²) < 4.78 is 11.4. The topological polar surface area (TPSA) is 349 Å². The van der Waals surface area contributed by atoms with E-state index in [0.717, 1.165) is 20.3 Å². The number of carbonyl (C=O) groups is 11. The molecule has 3 heterocycles. The lowest BCUT2D eigenvalue weighted by Crippen LogP contribution is -2.63. The fourth-order valence-electron chi connectivity index (χ4n) is 12.2. The summed E-state index contributed by atoms with van der Waals surface area (Å²) in [5, 5.41) is 31.0. The first-order valence-electron chi connectivity index (χ1n) is 35.7. The second-order valence-electron chi connectivity index (χ2n) is 29.1. The number of nitrogens with one attached hydrogen (secondary N) is 4. The lowest BCUT2D eigenvalue weighted by Gasteiger charge is -2.41.